The van der Waals surface area contributed by atoms with E-state index in [1.807, 2.05) is 18.2 Å². The smallest absolute Gasteiger partial charge is 0.195 e. The Morgan fingerprint density at radius 1 is 1.38 bits per heavy atom. The van der Waals surface area contributed by atoms with Crippen LogP contribution in [0.4, 0.5) is 0 Å². The molecule has 0 radical (unpaired) electrons. The quantitative estimate of drug-likeness (QED) is 0.460. The third-order valence-corrected chi connectivity index (χ3v) is 4.40. The predicted octanol–water partition coefficient (Wildman–Crippen LogP) is 5.85. The average Bonchev–Trinajstić information content (AvgIpc) is 2.90. The number of rotatable bonds is 6. The maximum absolute atomic E-state index is 12.1. The van der Waals surface area contributed by atoms with Crippen molar-refractivity contribution in [1.29, 1.82) is 0 Å². The highest BCUT2D eigenvalue weighted by atomic mass is 79.9. The standard InChI is InChI=1S/C16H14BrClO2S/c1-2-9-20-14-6-4-12(17)10-11(14)3-5-13(19)15-7-8-16(18)21-15/h3-8,10H,2,9H2,1H3/b5-3+. The van der Waals surface area contributed by atoms with E-state index in [4.69, 9.17) is 16.3 Å². The first-order valence-corrected chi connectivity index (χ1v) is 8.49. The Bertz CT molecular complexity index is 664. The molecule has 110 valence electrons. The number of carbonyl (C=O) groups is 1. The first-order chi connectivity index (χ1) is 10.1. The summed E-state index contributed by atoms with van der Waals surface area (Å²) >= 11 is 10.5. The van der Waals surface area contributed by atoms with Gasteiger partial charge in [-0.2, -0.15) is 0 Å². The van der Waals surface area contributed by atoms with Crippen molar-refractivity contribution in [3.05, 3.63) is 55.7 Å². The molecule has 0 unspecified atom stereocenters. The van der Waals surface area contributed by atoms with Gasteiger partial charge in [0.25, 0.3) is 0 Å². The minimum absolute atomic E-state index is 0.0617. The predicted molar refractivity (Wildman–Crippen MR) is 92.6 cm³/mol. The fourth-order valence-electron chi connectivity index (χ4n) is 1.69. The van der Waals surface area contributed by atoms with Crippen LogP contribution in [0.15, 0.2) is 40.9 Å². The van der Waals surface area contributed by atoms with Gasteiger partial charge in [-0.3, -0.25) is 4.79 Å². The van der Waals surface area contributed by atoms with Gasteiger partial charge in [-0.15, -0.1) is 11.3 Å². The second kappa shape index (κ2) is 7.78. The van der Waals surface area contributed by atoms with Gasteiger partial charge in [0.2, 0.25) is 0 Å². The minimum atomic E-state index is -0.0617. The van der Waals surface area contributed by atoms with Crippen molar-refractivity contribution in [3.63, 3.8) is 0 Å². The summed E-state index contributed by atoms with van der Waals surface area (Å²) in [6, 6.07) is 9.20. The molecule has 0 N–H and O–H groups in total. The summed E-state index contributed by atoms with van der Waals surface area (Å²) in [5.74, 6) is 0.710. The van der Waals surface area contributed by atoms with Gasteiger partial charge in [0.05, 0.1) is 15.8 Å². The topological polar surface area (TPSA) is 26.3 Å². The number of carbonyl (C=O) groups excluding carboxylic acids is 1. The zero-order chi connectivity index (χ0) is 15.2. The normalized spacial score (nSPS) is 11.0. The van der Waals surface area contributed by atoms with Crippen molar-refractivity contribution in [2.75, 3.05) is 6.61 Å². The second-order valence-electron chi connectivity index (χ2n) is 4.33. The molecule has 0 aliphatic heterocycles. The van der Waals surface area contributed by atoms with Crippen LogP contribution in [-0.4, -0.2) is 12.4 Å². The Labute approximate surface area is 141 Å². The monoisotopic (exact) mass is 384 g/mol. The Kier molecular flexibility index (Phi) is 6.03. The lowest BCUT2D eigenvalue weighted by Crippen LogP contribution is -1.97. The Morgan fingerprint density at radius 2 is 2.19 bits per heavy atom. The fourth-order valence-corrected chi connectivity index (χ4v) is 3.03. The van der Waals surface area contributed by atoms with E-state index in [2.05, 4.69) is 22.9 Å². The molecule has 0 aliphatic carbocycles. The van der Waals surface area contributed by atoms with Crippen molar-refractivity contribution in [1.82, 2.24) is 0 Å². The lowest BCUT2D eigenvalue weighted by Gasteiger charge is -2.08. The van der Waals surface area contributed by atoms with Crippen molar-refractivity contribution in [3.8, 4) is 5.75 Å². The maximum Gasteiger partial charge on any atom is 0.195 e. The van der Waals surface area contributed by atoms with Crippen LogP contribution in [0, 0.1) is 0 Å². The summed E-state index contributed by atoms with van der Waals surface area (Å²) < 4.78 is 7.24. The molecule has 2 nitrogen and oxygen atoms in total. The molecular formula is C16H14BrClO2S. The highest BCUT2D eigenvalue weighted by molar-refractivity contribution is 9.10. The van der Waals surface area contributed by atoms with Gasteiger partial charge in [0.15, 0.2) is 5.78 Å². The molecule has 1 aromatic carbocycles. The minimum Gasteiger partial charge on any atom is -0.493 e. The van der Waals surface area contributed by atoms with E-state index in [1.165, 1.54) is 11.3 Å². The van der Waals surface area contributed by atoms with Gasteiger partial charge in [-0.25, -0.2) is 0 Å². The van der Waals surface area contributed by atoms with E-state index in [0.29, 0.717) is 15.8 Å². The Hall–Kier alpha value is -1.10. The van der Waals surface area contributed by atoms with Crippen molar-refractivity contribution in [2.45, 2.75) is 13.3 Å². The summed E-state index contributed by atoms with van der Waals surface area (Å²) in [4.78, 5) is 12.7. The van der Waals surface area contributed by atoms with Crippen molar-refractivity contribution < 1.29 is 9.53 Å². The highest BCUT2D eigenvalue weighted by Gasteiger charge is 2.06. The van der Waals surface area contributed by atoms with Crippen LogP contribution in [-0.2, 0) is 0 Å². The van der Waals surface area contributed by atoms with E-state index >= 15 is 0 Å². The lowest BCUT2D eigenvalue weighted by molar-refractivity contribution is 0.105. The molecule has 21 heavy (non-hydrogen) atoms. The Morgan fingerprint density at radius 3 is 2.86 bits per heavy atom. The molecule has 0 saturated heterocycles. The number of halogens is 2. The van der Waals surface area contributed by atoms with Crippen LogP contribution < -0.4 is 4.74 Å². The number of benzene rings is 1. The van der Waals surface area contributed by atoms with E-state index in [-0.39, 0.29) is 5.78 Å². The van der Waals surface area contributed by atoms with Gasteiger partial charge in [0.1, 0.15) is 5.75 Å². The SMILES string of the molecule is CCCOc1ccc(Br)cc1/C=C/C(=O)c1ccc(Cl)s1. The number of allylic oxidation sites excluding steroid dienone is 1. The summed E-state index contributed by atoms with van der Waals surface area (Å²) in [5.41, 5.74) is 0.869. The molecule has 0 fully saturated rings. The first-order valence-electron chi connectivity index (χ1n) is 6.50. The number of thiophene rings is 1. The third kappa shape index (κ3) is 4.70. The van der Waals surface area contributed by atoms with Crippen LogP contribution in [0.2, 0.25) is 4.34 Å². The maximum atomic E-state index is 12.1. The van der Waals surface area contributed by atoms with Crippen LogP contribution in [0.5, 0.6) is 5.75 Å². The van der Waals surface area contributed by atoms with Crippen LogP contribution in [0.3, 0.4) is 0 Å². The van der Waals surface area contributed by atoms with E-state index < -0.39 is 0 Å². The molecule has 0 amide bonds. The van der Waals surface area contributed by atoms with Crippen molar-refractivity contribution >= 4 is 50.7 Å². The largest absolute Gasteiger partial charge is 0.493 e. The molecule has 0 bridgehead atoms. The van der Waals surface area contributed by atoms with Gasteiger partial charge in [-0.1, -0.05) is 34.5 Å². The van der Waals surface area contributed by atoms with Crippen LogP contribution >= 0.6 is 38.9 Å². The highest BCUT2D eigenvalue weighted by Crippen LogP contribution is 2.26. The summed E-state index contributed by atoms with van der Waals surface area (Å²) in [5, 5.41) is 0. The molecule has 0 atom stereocenters. The zero-order valence-corrected chi connectivity index (χ0v) is 14.6. The third-order valence-electron chi connectivity index (χ3n) is 2.66. The van der Waals surface area contributed by atoms with Gasteiger partial charge in [-0.05, 0) is 48.9 Å². The molecule has 2 rings (SSSR count). The number of ether oxygens (including phenoxy) is 1. The molecule has 1 aromatic heterocycles. The Balaban J connectivity index is 2.19. The van der Waals surface area contributed by atoms with E-state index in [1.54, 1.807) is 24.3 Å². The molecule has 0 saturated carbocycles. The van der Waals surface area contributed by atoms with Crippen LogP contribution in [0.25, 0.3) is 6.08 Å². The van der Waals surface area contributed by atoms with Gasteiger partial charge in [0, 0.05) is 10.0 Å². The first kappa shape index (κ1) is 16.3. The zero-order valence-electron chi connectivity index (χ0n) is 11.4. The second-order valence-corrected chi connectivity index (χ2v) is 6.96. The molecule has 0 aliphatic rings. The van der Waals surface area contributed by atoms with E-state index in [9.17, 15) is 4.79 Å². The van der Waals surface area contributed by atoms with Gasteiger partial charge < -0.3 is 4.74 Å². The molecular weight excluding hydrogens is 372 g/mol. The molecule has 1 heterocycles. The van der Waals surface area contributed by atoms with Crippen molar-refractivity contribution in [2.24, 2.45) is 0 Å². The number of hydrogen-bond acceptors (Lipinski definition) is 3. The summed E-state index contributed by atoms with van der Waals surface area (Å²) in [7, 11) is 0. The number of ketones is 1. The molecule has 2 aromatic rings. The fraction of sp³-hybridized carbons (Fsp3) is 0.188. The number of hydrogen-bond donors (Lipinski definition) is 0. The van der Waals surface area contributed by atoms with Gasteiger partial charge >= 0.3 is 0 Å². The van der Waals surface area contributed by atoms with Crippen LogP contribution in [0.1, 0.15) is 28.6 Å². The lowest BCUT2D eigenvalue weighted by atomic mass is 10.1. The molecule has 0 spiro atoms. The van der Waals surface area contributed by atoms with E-state index in [0.717, 1.165) is 22.2 Å². The summed E-state index contributed by atoms with van der Waals surface area (Å²) in [6.45, 7) is 2.70. The summed E-state index contributed by atoms with van der Waals surface area (Å²) in [6.07, 6.45) is 4.25. The molecule has 5 heteroatoms. The average molecular weight is 386 g/mol.